The van der Waals surface area contributed by atoms with Gasteiger partial charge in [0, 0.05) is 11.3 Å². The van der Waals surface area contributed by atoms with Crippen molar-refractivity contribution < 1.29 is 9.53 Å². The van der Waals surface area contributed by atoms with Gasteiger partial charge in [0.05, 0.1) is 24.2 Å². The lowest BCUT2D eigenvalue weighted by Gasteiger charge is -2.22. The van der Waals surface area contributed by atoms with E-state index in [2.05, 4.69) is 21.0 Å². The summed E-state index contributed by atoms with van der Waals surface area (Å²) in [6.07, 6.45) is -0.806. The van der Waals surface area contributed by atoms with Crippen LogP contribution in [-0.4, -0.2) is 25.0 Å². The van der Waals surface area contributed by atoms with Crippen LogP contribution in [0, 0.1) is 0 Å². The number of nitrogens with one attached hydrogen (secondary N) is 2. The highest BCUT2D eigenvalue weighted by atomic mass is 16.5. The summed E-state index contributed by atoms with van der Waals surface area (Å²) in [6, 6.07) is 34.0. The van der Waals surface area contributed by atoms with Gasteiger partial charge in [-0.1, -0.05) is 48.5 Å². The summed E-state index contributed by atoms with van der Waals surface area (Å²) in [5, 5.41) is 13.2. The molecule has 1 unspecified atom stereocenters. The third-order valence-electron chi connectivity index (χ3n) is 5.50. The first-order valence-electron chi connectivity index (χ1n) is 11.4. The Morgan fingerprint density at radius 2 is 1.44 bits per heavy atom. The van der Waals surface area contributed by atoms with Gasteiger partial charge in [0.2, 0.25) is 0 Å². The van der Waals surface area contributed by atoms with Gasteiger partial charge in [-0.25, -0.2) is 4.99 Å². The Hall–Kier alpha value is -4.82. The van der Waals surface area contributed by atoms with Crippen LogP contribution in [-0.2, 0) is 4.79 Å². The van der Waals surface area contributed by atoms with Crippen LogP contribution in [0.15, 0.2) is 124 Å². The maximum absolute atomic E-state index is 13.1. The number of hydrogen-bond donors (Lipinski definition) is 2. The van der Waals surface area contributed by atoms with Crippen molar-refractivity contribution in [3.8, 4) is 5.75 Å². The molecule has 0 aromatic heterocycles. The number of methoxy groups -OCH3 is 1. The molecule has 0 spiro atoms. The monoisotopic (exact) mass is 476 g/mol. The van der Waals surface area contributed by atoms with Crippen molar-refractivity contribution in [2.45, 2.75) is 6.17 Å². The number of carbonyl (C=O) groups excluding carboxylic acids is 1. The number of anilines is 2. The summed E-state index contributed by atoms with van der Waals surface area (Å²) < 4.78 is 5.27. The van der Waals surface area contributed by atoms with Crippen molar-refractivity contribution in [1.29, 1.82) is 0 Å². The van der Waals surface area contributed by atoms with Crippen LogP contribution in [0.1, 0.15) is 5.56 Å². The molecule has 36 heavy (non-hydrogen) atoms. The first-order chi connectivity index (χ1) is 17.7. The molecule has 8 nitrogen and oxygen atoms in total. The number of nitrogens with zero attached hydrogens (tertiary/aromatic N) is 4. The average molecular weight is 477 g/mol. The summed E-state index contributed by atoms with van der Waals surface area (Å²) >= 11 is 0. The van der Waals surface area contributed by atoms with Gasteiger partial charge in [-0.2, -0.15) is 15.7 Å². The zero-order chi connectivity index (χ0) is 24.7. The fourth-order valence-electron chi connectivity index (χ4n) is 3.66. The Balaban J connectivity index is 1.31. The standard InChI is InChI=1S/C28H24N6O2/c1-36-25-18-16-24(17-19-25)34-27(20-8-4-2-5-9-20)30-26(33-34)28(35)29-21-12-14-23(15-13-21)32-31-22-10-6-3-7-11-22/h2-19,26,33H,1H3,(H,29,35). The number of azo groups is 1. The predicted octanol–water partition coefficient (Wildman–Crippen LogP) is 5.85. The quantitative estimate of drug-likeness (QED) is 0.328. The zero-order valence-corrected chi connectivity index (χ0v) is 19.6. The first-order valence-corrected chi connectivity index (χ1v) is 11.4. The van der Waals surface area contributed by atoms with E-state index < -0.39 is 6.17 Å². The lowest BCUT2D eigenvalue weighted by molar-refractivity contribution is -0.117. The largest absolute Gasteiger partial charge is 0.497 e. The molecule has 2 N–H and O–H groups in total. The topological polar surface area (TPSA) is 90.7 Å². The molecule has 4 aromatic carbocycles. The third kappa shape index (κ3) is 5.29. The van der Waals surface area contributed by atoms with Gasteiger partial charge in [0.15, 0.2) is 12.0 Å². The van der Waals surface area contributed by atoms with E-state index in [1.807, 2.05) is 89.9 Å². The van der Waals surface area contributed by atoms with Crippen molar-refractivity contribution in [3.63, 3.8) is 0 Å². The molecule has 1 aliphatic heterocycles. The second kappa shape index (κ2) is 10.6. The molecule has 8 heteroatoms. The molecule has 1 heterocycles. The van der Waals surface area contributed by atoms with Crippen LogP contribution in [0.2, 0.25) is 0 Å². The number of aliphatic imine (C=N–C) groups is 1. The summed E-state index contributed by atoms with van der Waals surface area (Å²) in [4.78, 5) is 17.8. The van der Waals surface area contributed by atoms with E-state index in [-0.39, 0.29) is 5.91 Å². The minimum atomic E-state index is -0.806. The number of ether oxygens (including phenoxy) is 1. The Labute approximate surface area is 209 Å². The van der Waals surface area contributed by atoms with Crippen LogP contribution in [0.4, 0.5) is 22.7 Å². The van der Waals surface area contributed by atoms with Gasteiger partial charge >= 0.3 is 0 Å². The first kappa shape index (κ1) is 22.9. The van der Waals surface area contributed by atoms with E-state index in [1.54, 1.807) is 31.4 Å². The Kier molecular flexibility index (Phi) is 6.77. The molecule has 0 saturated carbocycles. The van der Waals surface area contributed by atoms with E-state index in [0.29, 0.717) is 17.2 Å². The normalized spacial score (nSPS) is 15.1. The van der Waals surface area contributed by atoms with Gasteiger partial charge in [-0.15, -0.1) is 0 Å². The molecule has 1 atom stereocenters. The second-order valence-corrected chi connectivity index (χ2v) is 7.96. The minimum Gasteiger partial charge on any atom is -0.497 e. The van der Waals surface area contributed by atoms with Crippen molar-refractivity contribution in [3.05, 3.63) is 115 Å². The fraction of sp³-hybridized carbons (Fsp3) is 0.0714. The van der Waals surface area contributed by atoms with E-state index in [1.165, 1.54) is 0 Å². The van der Waals surface area contributed by atoms with E-state index in [9.17, 15) is 4.79 Å². The van der Waals surface area contributed by atoms with Crippen molar-refractivity contribution in [1.82, 2.24) is 5.43 Å². The van der Waals surface area contributed by atoms with Crippen LogP contribution in [0.5, 0.6) is 5.75 Å². The molecule has 4 aromatic rings. The van der Waals surface area contributed by atoms with Crippen molar-refractivity contribution in [2.24, 2.45) is 15.2 Å². The van der Waals surface area contributed by atoms with Crippen molar-refractivity contribution >= 4 is 34.5 Å². The molecule has 0 radical (unpaired) electrons. The van der Waals surface area contributed by atoms with E-state index >= 15 is 0 Å². The number of carbonyl (C=O) groups is 1. The Morgan fingerprint density at radius 1 is 0.833 bits per heavy atom. The van der Waals surface area contributed by atoms with E-state index in [0.717, 1.165) is 22.7 Å². The Bertz CT molecular complexity index is 1370. The predicted molar refractivity (Wildman–Crippen MR) is 141 cm³/mol. The molecule has 178 valence electrons. The summed E-state index contributed by atoms with van der Waals surface area (Å²) in [5.41, 5.74) is 7.03. The highest BCUT2D eigenvalue weighted by Gasteiger charge is 2.31. The van der Waals surface area contributed by atoms with Crippen LogP contribution >= 0.6 is 0 Å². The molecule has 0 aliphatic carbocycles. The van der Waals surface area contributed by atoms with Crippen molar-refractivity contribution in [2.75, 3.05) is 17.4 Å². The lowest BCUT2D eigenvalue weighted by Crippen LogP contribution is -2.45. The summed E-state index contributed by atoms with van der Waals surface area (Å²) in [7, 11) is 1.62. The number of amides is 1. The molecule has 0 fully saturated rings. The molecular formula is C28H24N6O2. The number of hydrazine groups is 1. The highest BCUT2D eigenvalue weighted by Crippen LogP contribution is 2.25. The SMILES string of the molecule is COc1ccc(N2NC(C(=O)Nc3ccc(N=Nc4ccccc4)cc3)N=C2c2ccccc2)cc1. The molecule has 0 bridgehead atoms. The number of hydrogen-bond acceptors (Lipinski definition) is 7. The van der Waals surface area contributed by atoms with Crippen LogP contribution in [0.25, 0.3) is 0 Å². The summed E-state index contributed by atoms with van der Waals surface area (Å²) in [6.45, 7) is 0. The van der Waals surface area contributed by atoms with Gasteiger partial charge in [0.1, 0.15) is 5.75 Å². The Morgan fingerprint density at radius 3 is 2.08 bits per heavy atom. The second-order valence-electron chi connectivity index (χ2n) is 7.96. The zero-order valence-electron chi connectivity index (χ0n) is 19.6. The smallest absolute Gasteiger partial charge is 0.265 e. The average Bonchev–Trinajstić information content (AvgIpc) is 3.40. The van der Waals surface area contributed by atoms with E-state index in [4.69, 9.17) is 9.73 Å². The fourth-order valence-corrected chi connectivity index (χ4v) is 3.66. The maximum atomic E-state index is 13.1. The lowest BCUT2D eigenvalue weighted by atomic mass is 10.2. The summed E-state index contributed by atoms with van der Waals surface area (Å²) in [5.74, 6) is 1.12. The van der Waals surface area contributed by atoms with Gasteiger partial charge in [-0.05, 0) is 60.7 Å². The molecule has 1 amide bonds. The van der Waals surface area contributed by atoms with Gasteiger partial charge in [0.25, 0.3) is 5.91 Å². The molecule has 5 rings (SSSR count). The maximum Gasteiger partial charge on any atom is 0.265 e. The molecular weight excluding hydrogens is 452 g/mol. The number of rotatable bonds is 7. The minimum absolute atomic E-state index is 0.280. The molecule has 0 saturated heterocycles. The third-order valence-corrected chi connectivity index (χ3v) is 5.50. The number of benzene rings is 4. The van der Waals surface area contributed by atoms with Crippen LogP contribution in [0.3, 0.4) is 0 Å². The highest BCUT2D eigenvalue weighted by molar-refractivity contribution is 6.13. The number of amidine groups is 1. The van der Waals surface area contributed by atoms with Gasteiger partial charge in [-0.3, -0.25) is 9.80 Å². The van der Waals surface area contributed by atoms with Gasteiger partial charge < -0.3 is 10.1 Å². The molecule has 1 aliphatic rings. The van der Waals surface area contributed by atoms with Crippen LogP contribution < -0.4 is 20.5 Å².